The van der Waals surface area contributed by atoms with Crippen LogP contribution >= 0.6 is 11.3 Å². The molecule has 0 saturated heterocycles. The molecular weight excluding hydrogens is 330 g/mol. The van der Waals surface area contributed by atoms with Gasteiger partial charge in [0.25, 0.3) is 5.91 Å². The maximum absolute atomic E-state index is 12.3. The largest absolute Gasteiger partial charge is 0.492 e. The van der Waals surface area contributed by atoms with Gasteiger partial charge in [0, 0.05) is 11.4 Å². The predicted octanol–water partition coefficient (Wildman–Crippen LogP) is 3.60. The number of nitriles is 1. The summed E-state index contributed by atoms with van der Waals surface area (Å²) in [5.74, 6) is -0.115. The molecule has 122 valence electrons. The fourth-order valence-electron chi connectivity index (χ4n) is 1.87. The van der Waals surface area contributed by atoms with Gasteiger partial charge in [-0.15, -0.1) is 0 Å². The number of nitrogens with one attached hydrogen (secondary N) is 1. The van der Waals surface area contributed by atoms with Gasteiger partial charge in [-0.1, -0.05) is 23.5 Å². The highest BCUT2D eigenvalue weighted by atomic mass is 32.1. The monoisotopic (exact) mass is 343 g/mol. The molecule has 0 fully saturated rings. The molecule has 0 aliphatic heterocycles. The molecule has 0 aliphatic carbocycles. The van der Waals surface area contributed by atoms with Gasteiger partial charge in [0.1, 0.15) is 17.4 Å². The van der Waals surface area contributed by atoms with Crippen molar-refractivity contribution in [1.82, 2.24) is 0 Å². The van der Waals surface area contributed by atoms with Gasteiger partial charge in [0.05, 0.1) is 17.2 Å². The van der Waals surface area contributed by atoms with E-state index in [2.05, 4.69) is 5.32 Å². The van der Waals surface area contributed by atoms with Crippen LogP contribution in [0.15, 0.2) is 41.3 Å². The van der Waals surface area contributed by atoms with E-state index >= 15 is 0 Å². The minimum Gasteiger partial charge on any atom is -0.492 e. The van der Waals surface area contributed by atoms with Crippen LogP contribution in [-0.2, 0) is 4.79 Å². The number of rotatable bonds is 6. The number of anilines is 1. The number of amides is 1. The number of hydrogen-bond donors (Lipinski definition) is 1. The van der Waals surface area contributed by atoms with Gasteiger partial charge in [-0.3, -0.25) is 14.9 Å². The minimum atomic E-state index is -0.612. The molecule has 2 rings (SSSR count). The lowest BCUT2D eigenvalue weighted by Gasteiger charge is -2.10. The summed E-state index contributed by atoms with van der Waals surface area (Å²) in [5, 5.41) is 23.9. The number of para-hydroxylation sites is 2. The van der Waals surface area contributed by atoms with E-state index in [1.807, 2.05) is 6.92 Å². The summed E-state index contributed by atoms with van der Waals surface area (Å²) in [6.07, 6.45) is 1.31. The smallest absolute Gasteiger partial charge is 0.324 e. The zero-order valence-corrected chi connectivity index (χ0v) is 13.5. The van der Waals surface area contributed by atoms with E-state index in [0.29, 0.717) is 23.6 Å². The molecule has 1 heterocycles. The summed E-state index contributed by atoms with van der Waals surface area (Å²) in [6.45, 7) is 2.26. The minimum absolute atomic E-state index is 0.0550. The molecule has 1 amide bonds. The van der Waals surface area contributed by atoms with Crippen LogP contribution in [0.2, 0.25) is 0 Å². The van der Waals surface area contributed by atoms with Crippen LogP contribution in [-0.4, -0.2) is 17.4 Å². The second-order valence-electron chi connectivity index (χ2n) is 4.53. The molecule has 0 radical (unpaired) electrons. The summed E-state index contributed by atoms with van der Waals surface area (Å²) < 4.78 is 5.41. The molecule has 1 aromatic carbocycles. The van der Waals surface area contributed by atoms with Crippen molar-refractivity contribution in [3.8, 4) is 11.8 Å². The Hall–Kier alpha value is -3.18. The van der Waals surface area contributed by atoms with Crippen molar-refractivity contribution in [2.24, 2.45) is 0 Å². The third-order valence-corrected chi connectivity index (χ3v) is 3.80. The van der Waals surface area contributed by atoms with E-state index in [4.69, 9.17) is 4.74 Å². The zero-order valence-electron chi connectivity index (χ0n) is 12.7. The number of thiophene rings is 1. The van der Waals surface area contributed by atoms with Crippen LogP contribution in [0.25, 0.3) is 6.08 Å². The predicted molar refractivity (Wildman–Crippen MR) is 90.8 cm³/mol. The Bertz CT molecular complexity index is 836. The average Bonchev–Trinajstić information content (AvgIpc) is 3.03. The van der Waals surface area contributed by atoms with Crippen molar-refractivity contribution in [1.29, 1.82) is 5.26 Å². The molecule has 2 aromatic rings. The summed E-state index contributed by atoms with van der Waals surface area (Å²) >= 11 is 0.930. The first-order chi connectivity index (χ1) is 11.5. The highest BCUT2D eigenvalue weighted by Gasteiger charge is 2.14. The van der Waals surface area contributed by atoms with Gasteiger partial charge in [0.2, 0.25) is 0 Å². The fraction of sp³-hybridized carbons (Fsp3) is 0.125. The van der Waals surface area contributed by atoms with Crippen LogP contribution in [0.1, 0.15) is 12.5 Å². The van der Waals surface area contributed by atoms with Crippen molar-refractivity contribution < 1.29 is 14.5 Å². The quantitative estimate of drug-likeness (QED) is 0.373. The van der Waals surface area contributed by atoms with E-state index in [1.54, 1.807) is 30.3 Å². The third-order valence-electron chi connectivity index (χ3n) is 2.90. The first-order valence-corrected chi connectivity index (χ1v) is 7.81. The van der Waals surface area contributed by atoms with Crippen LogP contribution in [0.4, 0.5) is 10.7 Å². The first kappa shape index (κ1) is 17.2. The highest BCUT2D eigenvalue weighted by molar-refractivity contribution is 7.13. The summed E-state index contributed by atoms with van der Waals surface area (Å²) in [6, 6.07) is 9.98. The lowest BCUT2D eigenvalue weighted by molar-refractivity contribution is -0.380. The molecule has 1 N–H and O–H groups in total. The van der Waals surface area contributed by atoms with Gasteiger partial charge >= 0.3 is 5.00 Å². The number of nitro groups is 1. The van der Waals surface area contributed by atoms with Crippen molar-refractivity contribution in [2.45, 2.75) is 6.92 Å². The Balaban J connectivity index is 2.21. The second-order valence-corrected chi connectivity index (χ2v) is 5.42. The molecule has 0 unspecified atom stereocenters. The Morgan fingerprint density at radius 3 is 2.88 bits per heavy atom. The molecule has 0 bridgehead atoms. The van der Waals surface area contributed by atoms with Gasteiger partial charge < -0.3 is 10.1 Å². The third kappa shape index (κ3) is 4.18. The Labute approximate surface area is 141 Å². The highest BCUT2D eigenvalue weighted by Crippen LogP contribution is 2.26. The van der Waals surface area contributed by atoms with Crippen LogP contribution < -0.4 is 10.1 Å². The normalized spacial score (nSPS) is 10.8. The summed E-state index contributed by atoms with van der Waals surface area (Å²) in [7, 11) is 0. The molecule has 24 heavy (non-hydrogen) atoms. The molecular formula is C16H13N3O4S. The van der Waals surface area contributed by atoms with E-state index in [0.717, 1.165) is 11.3 Å². The maximum Gasteiger partial charge on any atom is 0.324 e. The molecule has 8 heteroatoms. The van der Waals surface area contributed by atoms with Crippen LogP contribution in [0.5, 0.6) is 5.75 Å². The number of carbonyl (C=O) groups is 1. The Morgan fingerprint density at radius 1 is 1.50 bits per heavy atom. The number of nitrogens with zero attached hydrogens (tertiary/aromatic N) is 2. The van der Waals surface area contributed by atoms with E-state index in [9.17, 15) is 20.2 Å². The molecule has 0 atom stereocenters. The Kier molecular flexibility index (Phi) is 5.65. The van der Waals surface area contributed by atoms with Crippen LogP contribution in [0.3, 0.4) is 0 Å². The lowest BCUT2D eigenvalue weighted by Crippen LogP contribution is -2.14. The van der Waals surface area contributed by atoms with Crippen molar-refractivity contribution >= 4 is 34.0 Å². The molecule has 0 saturated carbocycles. The Morgan fingerprint density at radius 2 is 2.25 bits per heavy atom. The summed E-state index contributed by atoms with van der Waals surface area (Å²) in [4.78, 5) is 22.4. The second kappa shape index (κ2) is 7.89. The van der Waals surface area contributed by atoms with Gasteiger partial charge in [-0.05, 0) is 30.7 Å². The van der Waals surface area contributed by atoms with E-state index in [1.165, 1.54) is 17.5 Å². The van der Waals surface area contributed by atoms with Crippen LogP contribution in [0, 0.1) is 21.4 Å². The van der Waals surface area contributed by atoms with Gasteiger partial charge in [-0.2, -0.15) is 5.26 Å². The SMILES string of the molecule is CCOc1ccccc1NC(=O)/C(C#N)=C/c1csc([N+](=O)[O-])c1. The van der Waals surface area contributed by atoms with Gasteiger partial charge in [0.15, 0.2) is 0 Å². The average molecular weight is 343 g/mol. The topological polar surface area (TPSA) is 105 Å². The number of hydrogen-bond acceptors (Lipinski definition) is 6. The maximum atomic E-state index is 12.3. The first-order valence-electron chi connectivity index (χ1n) is 6.93. The number of ether oxygens (including phenoxy) is 1. The van der Waals surface area contributed by atoms with Crippen molar-refractivity contribution in [3.05, 3.63) is 57.0 Å². The van der Waals surface area contributed by atoms with E-state index < -0.39 is 10.8 Å². The number of carbonyl (C=O) groups excluding carboxylic acids is 1. The van der Waals surface area contributed by atoms with Crippen molar-refractivity contribution in [3.63, 3.8) is 0 Å². The summed E-state index contributed by atoms with van der Waals surface area (Å²) in [5.41, 5.74) is 0.715. The molecule has 1 aromatic heterocycles. The lowest BCUT2D eigenvalue weighted by atomic mass is 10.2. The standard InChI is InChI=1S/C16H13N3O4S/c1-2-23-14-6-4-3-5-13(14)18-16(20)12(9-17)7-11-8-15(19(21)22)24-10-11/h3-8,10H,2H2,1H3,(H,18,20)/b12-7+. The number of benzene rings is 1. The molecule has 0 spiro atoms. The van der Waals surface area contributed by atoms with Gasteiger partial charge in [-0.25, -0.2) is 0 Å². The fourth-order valence-corrected chi connectivity index (χ4v) is 2.55. The van der Waals surface area contributed by atoms with E-state index in [-0.39, 0.29) is 10.6 Å². The molecule has 0 aliphatic rings. The zero-order chi connectivity index (χ0) is 17.5. The van der Waals surface area contributed by atoms with Crippen molar-refractivity contribution in [2.75, 3.05) is 11.9 Å². The molecule has 7 nitrogen and oxygen atoms in total.